The van der Waals surface area contributed by atoms with E-state index in [9.17, 15) is 0 Å². The molecule has 0 aliphatic carbocycles. The first kappa shape index (κ1) is 14.5. The van der Waals surface area contributed by atoms with Crippen LogP contribution in [-0.4, -0.2) is 37.0 Å². The highest BCUT2D eigenvalue weighted by Crippen LogP contribution is 2.29. The largest absolute Gasteiger partial charge is 0.490 e. The van der Waals surface area contributed by atoms with E-state index in [0.717, 1.165) is 19.4 Å². The van der Waals surface area contributed by atoms with Gasteiger partial charge in [-0.1, -0.05) is 5.16 Å². The molecule has 20 heavy (non-hydrogen) atoms. The number of rotatable bonds is 6. The second-order valence-corrected chi connectivity index (χ2v) is 4.53. The minimum Gasteiger partial charge on any atom is -0.490 e. The first-order valence-electron chi connectivity index (χ1n) is 6.73. The van der Waals surface area contributed by atoms with E-state index in [2.05, 4.69) is 5.16 Å². The van der Waals surface area contributed by atoms with Crippen LogP contribution in [0.15, 0.2) is 23.4 Å². The fourth-order valence-corrected chi connectivity index (χ4v) is 2.07. The molecule has 6 nitrogen and oxygen atoms in total. The topological polar surface area (TPSA) is 86.3 Å². The van der Waals surface area contributed by atoms with Crippen LogP contribution in [0.4, 0.5) is 0 Å². The highest BCUT2D eigenvalue weighted by atomic mass is 16.5. The van der Waals surface area contributed by atoms with Gasteiger partial charge in [-0.3, -0.25) is 0 Å². The lowest BCUT2D eigenvalue weighted by Crippen LogP contribution is -2.17. The molecule has 0 saturated carbocycles. The average Bonchev–Trinajstić information content (AvgIpc) is 2.98. The summed E-state index contributed by atoms with van der Waals surface area (Å²) >= 11 is 0. The summed E-state index contributed by atoms with van der Waals surface area (Å²) in [5.74, 6) is 1.25. The minimum absolute atomic E-state index is 0.0385. The summed E-state index contributed by atoms with van der Waals surface area (Å²) in [6, 6.07) is 5.18. The molecule has 0 radical (unpaired) electrons. The van der Waals surface area contributed by atoms with Crippen LogP contribution in [0.3, 0.4) is 0 Å². The van der Waals surface area contributed by atoms with Crippen LogP contribution in [0.1, 0.15) is 25.3 Å². The summed E-state index contributed by atoms with van der Waals surface area (Å²) < 4.78 is 16.8. The number of nitrogens with zero attached hydrogens (tertiary/aromatic N) is 1. The van der Waals surface area contributed by atoms with Crippen molar-refractivity contribution >= 4 is 5.84 Å². The first-order valence-corrected chi connectivity index (χ1v) is 6.73. The zero-order valence-electron chi connectivity index (χ0n) is 11.5. The molecular weight excluding hydrogens is 260 g/mol. The molecule has 1 aromatic rings. The number of oxime groups is 1. The van der Waals surface area contributed by atoms with Crippen LogP contribution >= 0.6 is 0 Å². The van der Waals surface area contributed by atoms with Crippen LogP contribution in [0, 0.1) is 0 Å². The second-order valence-electron chi connectivity index (χ2n) is 4.53. The lowest BCUT2D eigenvalue weighted by atomic mass is 10.2. The van der Waals surface area contributed by atoms with Gasteiger partial charge in [-0.25, -0.2) is 0 Å². The van der Waals surface area contributed by atoms with Crippen molar-refractivity contribution in [3.05, 3.63) is 23.8 Å². The monoisotopic (exact) mass is 280 g/mol. The molecule has 1 saturated heterocycles. The fraction of sp³-hybridized carbons (Fsp3) is 0.500. The minimum atomic E-state index is 0.0385. The maximum absolute atomic E-state index is 8.70. The molecule has 6 heteroatoms. The molecule has 0 spiro atoms. The molecule has 2 rings (SSSR count). The molecule has 1 fully saturated rings. The first-order chi connectivity index (χ1) is 9.74. The van der Waals surface area contributed by atoms with E-state index in [4.69, 9.17) is 25.2 Å². The van der Waals surface area contributed by atoms with E-state index >= 15 is 0 Å². The van der Waals surface area contributed by atoms with Crippen LogP contribution in [0.25, 0.3) is 0 Å². The summed E-state index contributed by atoms with van der Waals surface area (Å²) in [5, 5.41) is 11.7. The van der Waals surface area contributed by atoms with Gasteiger partial charge in [-0.15, -0.1) is 0 Å². The molecule has 0 amide bonds. The number of hydrogen-bond donors (Lipinski definition) is 2. The maximum Gasteiger partial charge on any atom is 0.170 e. The second kappa shape index (κ2) is 7.00. The molecule has 1 aliphatic heterocycles. The lowest BCUT2D eigenvalue weighted by molar-refractivity contribution is 0.0667. The van der Waals surface area contributed by atoms with E-state index in [1.807, 2.05) is 6.92 Å². The zero-order chi connectivity index (χ0) is 14.4. The number of hydrogen-bond acceptors (Lipinski definition) is 5. The highest BCUT2D eigenvalue weighted by Gasteiger charge is 2.17. The molecule has 1 aromatic carbocycles. The van der Waals surface area contributed by atoms with Gasteiger partial charge in [0.2, 0.25) is 0 Å². The third kappa shape index (κ3) is 3.54. The summed E-state index contributed by atoms with van der Waals surface area (Å²) in [6.07, 6.45) is 2.24. The van der Waals surface area contributed by atoms with Gasteiger partial charge in [0.05, 0.1) is 12.7 Å². The predicted octanol–water partition coefficient (Wildman–Crippen LogP) is 1.74. The third-order valence-corrected chi connectivity index (χ3v) is 3.10. The molecule has 110 valence electrons. The summed E-state index contributed by atoms with van der Waals surface area (Å²) in [5.41, 5.74) is 6.15. The van der Waals surface area contributed by atoms with Crippen molar-refractivity contribution in [1.29, 1.82) is 0 Å². The van der Waals surface area contributed by atoms with Crippen molar-refractivity contribution in [2.75, 3.05) is 19.8 Å². The van der Waals surface area contributed by atoms with Gasteiger partial charge in [0.25, 0.3) is 0 Å². The van der Waals surface area contributed by atoms with Gasteiger partial charge < -0.3 is 25.2 Å². The Kier molecular flexibility index (Phi) is 5.06. The van der Waals surface area contributed by atoms with Crippen molar-refractivity contribution in [2.24, 2.45) is 10.9 Å². The Morgan fingerprint density at radius 1 is 1.45 bits per heavy atom. The van der Waals surface area contributed by atoms with Crippen LogP contribution in [0.2, 0.25) is 0 Å². The Morgan fingerprint density at radius 3 is 2.95 bits per heavy atom. The fourth-order valence-electron chi connectivity index (χ4n) is 2.07. The molecule has 1 heterocycles. The Morgan fingerprint density at radius 2 is 2.30 bits per heavy atom. The van der Waals surface area contributed by atoms with Gasteiger partial charge in [0, 0.05) is 12.2 Å². The van der Waals surface area contributed by atoms with Gasteiger partial charge >= 0.3 is 0 Å². The standard InChI is InChI=1S/C14H20N2O4/c1-2-18-13-8-10(14(15)16-17)5-6-12(13)20-9-11-4-3-7-19-11/h5-6,8,11,17H,2-4,7,9H2,1H3,(H2,15,16). The van der Waals surface area contributed by atoms with Crippen molar-refractivity contribution in [2.45, 2.75) is 25.9 Å². The normalized spacial score (nSPS) is 19.1. The zero-order valence-corrected chi connectivity index (χ0v) is 11.5. The average molecular weight is 280 g/mol. The van der Waals surface area contributed by atoms with Gasteiger partial charge in [-0.05, 0) is 38.0 Å². The van der Waals surface area contributed by atoms with Crippen LogP contribution in [-0.2, 0) is 4.74 Å². The molecule has 1 aliphatic rings. The van der Waals surface area contributed by atoms with Crippen molar-refractivity contribution in [3.8, 4) is 11.5 Å². The Balaban J connectivity index is 2.09. The number of amidine groups is 1. The predicted molar refractivity (Wildman–Crippen MR) is 74.6 cm³/mol. The quantitative estimate of drug-likeness (QED) is 0.359. The van der Waals surface area contributed by atoms with E-state index in [0.29, 0.717) is 30.3 Å². The Labute approximate surface area is 118 Å². The summed E-state index contributed by atoms with van der Waals surface area (Å²) in [4.78, 5) is 0. The van der Waals surface area contributed by atoms with E-state index < -0.39 is 0 Å². The molecular formula is C14H20N2O4. The molecule has 1 unspecified atom stereocenters. The molecule has 1 atom stereocenters. The van der Waals surface area contributed by atoms with Gasteiger partial charge in [0.15, 0.2) is 17.3 Å². The van der Waals surface area contributed by atoms with E-state index in [1.165, 1.54) is 0 Å². The van der Waals surface area contributed by atoms with Crippen LogP contribution in [0.5, 0.6) is 11.5 Å². The van der Waals surface area contributed by atoms with Crippen molar-refractivity contribution < 1.29 is 19.4 Å². The smallest absolute Gasteiger partial charge is 0.170 e. The maximum atomic E-state index is 8.70. The van der Waals surface area contributed by atoms with Crippen molar-refractivity contribution in [1.82, 2.24) is 0 Å². The molecule has 3 N–H and O–H groups in total. The molecule has 0 bridgehead atoms. The SMILES string of the molecule is CCOc1cc(C(N)=NO)ccc1OCC1CCCO1. The number of nitrogens with two attached hydrogens (primary N) is 1. The summed E-state index contributed by atoms with van der Waals surface area (Å²) in [7, 11) is 0. The third-order valence-electron chi connectivity index (χ3n) is 3.10. The van der Waals surface area contributed by atoms with Crippen LogP contribution < -0.4 is 15.2 Å². The van der Waals surface area contributed by atoms with E-state index in [1.54, 1.807) is 18.2 Å². The highest BCUT2D eigenvalue weighted by molar-refractivity contribution is 5.97. The summed E-state index contributed by atoms with van der Waals surface area (Å²) in [6.45, 7) is 3.70. The van der Waals surface area contributed by atoms with Gasteiger partial charge in [-0.2, -0.15) is 0 Å². The van der Waals surface area contributed by atoms with Crippen molar-refractivity contribution in [3.63, 3.8) is 0 Å². The number of benzene rings is 1. The number of ether oxygens (including phenoxy) is 3. The van der Waals surface area contributed by atoms with Gasteiger partial charge in [0.1, 0.15) is 6.61 Å². The lowest BCUT2D eigenvalue weighted by Gasteiger charge is -2.15. The Hall–Kier alpha value is -1.95. The molecule has 0 aromatic heterocycles. The van der Waals surface area contributed by atoms with E-state index in [-0.39, 0.29) is 11.9 Å². The Bertz CT molecular complexity index is 470.